The number of hydrazine groups is 1. The molecule has 0 amide bonds. The number of hydrogen-bond acceptors (Lipinski definition) is 5. The molecule has 0 aromatic heterocycles. The van der Waals surface area contributed by atoms with Crippen molar-refractivity contribution in [3.05, 3.63) is 30.3 Å². The summed E-state index contributed by atoms with van der Waals surface area (Å²) in [6.07, 6.45) is 3.15. The van der Waals surface area contributed by atoms with Crippen molar-refractivity contribution in [1.29, 1.82) is 0 Å². The fraction of sp³-hybridized carbons (Fsp3) is 0.625. The Balaban J connectivity index is 1.57. The largest absolute Gasteiger partial charge is 0.378 e. The molecule has 0 saturated carbocycles. The van der Waals surface area contributed by atoms with Gasteiger partial charge in [-0.3, -0.25) is 11.3 Å². The van der Waals surface area contributed by atoms with Gasteiger partial charge in [0.05, 0.1) is 12.2 Å². The lowest BCUT2D eigenvalue weighted by Crippen LogP contribution is -2.50. The smallest absolute Gasteiger partial charge is 0.0939 e. The standard InChI is InChI=1S/C16H24N2O2S/c17-18-15(11-21-14-4-2-1-3-5-14)13-6-8-20-16(10-13)7-9-19-12-16/h1-5,13,15,18H,6-12,17H2. The molecule has 0 aliphatic carbocycles. The topological polar surface area (TPSA) is 56.5 Å². The molecule has 21 heavy (non-hydrogen) atoms. The van der Waals surface area contributed by atoms with Gasteiger partial charge in [-0.2, -0.15) is 0 Å². The van der Waals surface area contributed by atoms with E-state index < -0.39 is 0 Å². The van der Waals surface area contributed by atoms with Crippen molar-refractivity contribution in [2.75, 3.05) is 25.6 Å². The van der Waals surface area contributed by atoms with Crippen LogP contribution in [0.1, 0.15) is 19.3 Å². The van der Waals surface area contributed by atoms with Crippen LogP contribution in [0.15, 0.2) is 35.2 Å². The molecule has 1 spiro atoms. The van der Waals surface area contributed by atoms with Gasteiger partial charge in [-0.05, 0) is 30.9 Å². The Labute approximate surface area is 130 Å². The zero-order chi connectivity index (χ0) is 14.5. The van der Waals surface area contributed by atoms with Crippen molar-refractivity contribution in [3.8, 4) is 0 Å². The summed E-state index contributed by atoms with van der Waals surface area (Å²) in [5, 5.41) is 0. The molecule has 3 rings (SSSR count). The van der Waals surface area contributed by atoms with Crippen molar-refractivity contribution < 1.29 is 9.47 Å². The second kappa shape index (κ2) is 7.11. The molecule has 116 valence electrons. The molecule has 2 saturated heterocycles. The number of hydrogen-bond donors (Lipinski definition) is 2. The maximum atomic E-state index is 6.01. The van der Waals surface area contributed by atoms with E-state index >= 15 is 0 Å². The Morgan fingerprint density at radius 2 is 2.19 bits per heavy atom. The summed E-state index contributed by atoms with van der Waals surface area (Å²) in [5.74, 6) is 7.36. The lowest BCUT2D eigenvalue weighted by molar-refractivity contribution is -0.102. The van der Waals surface area contributed by atoms with Gasteiger partial charge < -0.3 is 9.47 Å². The lowest BCUT2D eigenvalue weighted by atomic mass is 9.82. The first kappa shape index (κ1) is 15.3. The van der Waals surface area contributed by atoms with E-state index in [1.54, 1.807) is 0 Å². The quantitative estimate of drug-likeness (QED) is 0.496. The average molecular weight is 308 g/mol. The van der Waals surface area contributed by atoms with Crippen LogP contribution in [0.25, 0.3) is 0 Å². The molecule has 3 atom stereocenters. The highest BCUT2D eigenvalue weighted by Gasteiger charge is 2.42. The highest BCUT2D eigenvalue weighted by atomic mass is 32.2. The van der Waals surface area contributed by atoms with Gasteiger partial charge in [-0.25, -0.2) is 0 Å². The van der Waals surface area contributed by atoms with E-state index in [-0.39, 0.29) is 5.60 Å². The third kappa shape index (κ3) is 3.79. The molecule has 1 aromatic rings. The van der Waals surface area contributed by atoms with Gasteiger partial charge in [0.2, 0.25) is 0 Å². The normalized spacial score (nSPS) is 30.6. The Morgan fingerprint density at radius 3 is 2.90 bits per heavy atom. The monoisotopic (exact) mass is 308 g/mol. The summed E-state index contributed by atoms with van der Waals surface area (Å²) in [4.78, 5) is 1.30. The highest BCUT2D eigenvalue weighted by molar-refractivity contribution is 7.99. The van der Waals surface area contributed by atoms with Crippen molar-refractivity contribution in [2.45, 2.75) is 35.8 Å². The molecule has 0 bridgehead atoms. The first-order valence-corrected chi connectivity index (χ1v) is 8.66. The second-order valence-corrected chi connectivity index (χ2v) is 7.08. The molecule has 4 nitrogen and oxygen atoms in total. The van der Waals surface area contributed by atoms with Crippen molar-refractivity contribution in [2.24, 2.45) is 11.8 Å². The summed E-state index contributed by atoms with van der Waals surface area (Å²) >= 11 is 1.86. The Bertz CT molecular complexity index is 437. The third-order valence-corrected chi connectivity index (χ3v) is 5.69. The molecule has 2 heterocycles. The molecule has 3 N–H and O–H groups in total. The van der Waals surface area contributed by atoms with Gasteiger partial charge in [-0.15, -0.1) is 11.8 Å². The van der Waals surface area contributed by atoms with Crippen LogP contribution in [0, 0.1) is 5.92 Å². The van der Waals surface area contributed by atoms with Crippen molar-refractivity contribution >= 4 is 11.8 Å². The van der Waals surface area contributed by atoms with E-state index in [2.05, 4.69) is 29.7 Å². The maximum absolute atomic E-state index is 6.01. The predicted molar refractivity (Wildman–Crippen MR) is 85.1 cm³/mol. The molecule has 0 radical (unpaired) electrons. The first-order chi connectivity index (χ1) is 10.3. The predicted octanol–water partition coefficient (Wildman–Crippen LogP) is 2.20. The van der Waals surface area contributed by atoms with Crippen LogP contribution in [-0.2, 0) is 9.47 Å². The molecule has 2 aliphatic rings. The number of benzene rings is 1. The summed E-state index contributed by atoms with van der Waals surface area (Å²) < 4.78 is 11.6. The maximum Gasteiger partial charge on any atom is 0.0939 e. The van der Waals surface area contributed by atoms with Crippen LogP contribution in [-0.4, -0.2) is 37.2 Å². The van der Waals surface area contributed by atoms with Crippen LogP contribution >= 0.6 is 11.8 Å². The van der Waals surface area contributed by atoms with E-state index in [9.17, 15) is 0 Å². The minimum atomic E-state index is -0.0462. The molecular formula is C16H24N2O2S. The van der Waals surface area contributed by atoms with Crippen molar-refractivity contribution in [3.63, 3.8) is 0 Å². The van der Waals surface area contributed by atoms with E-state index in [1.807, 2.05) is 17.8 Å². The minimum Gasteiger partial charge on any atom is -0.378 e. The fourth-order valence-electron chi connectivity index (χ4n) is 3.30. The highest BCUT2D eigenvalue weighted by Crippen LogP contribution is 2.37. The SMILES string of the molecule is NNC(CSc1ccccc1)C1CCOC2(CCOC2)C1. The van der Waals surface area contributed by atoms with E-state index in [1.165, 1.54) is 4.90 Å². The Kier molecular flexibility index (Phi) is 5.19. The number of nitrogens with two attached hydrogens (primary N) is 1. The van der Waals surface area contributed by atoms with Gasteiger partial charge in [0.15, 0.2) is 0 Å². The minimum absolute atomic E-state index is 0.0462. The van der Waals surface area contributed by atoms with Gasteiger partial charge in [0.25, 0.3) is 0 Å². The lowest BCUT2D eigenvalue weighted by Gasteiger charge is -2.40. The third-order valence-electron chi connectivity index (χ3n) is 4.55. The van der Waals surface area contributed by atoms with Gasteiger partial charge in [0, 0.05) is 36.3 Å². The zero-order valence-corrected chi connectivity index (χ0v) is 13.1. The number of thioether (sulfide) groups is 1. The summed E-state index contributed by atoms with van der Waals surface area (Å²) in [5.41, 5.74) is 2.98. The van der Waals surface area contributed by atoms with E-state index in [4.69, 9.17) is 15.3 Å². The van der Waals surface area contributed by atoms with E-state index in [0.717, 1.165) is 44.8 Å². The molecule has 1 aromatic carbocycles. The van der Waals surface area contributed by atoms with Crippen LogP contribution in [0.2, 0.25) is 0 Å². The van der Waals surface area contributed by atoms with Gasteiger partial charge in [-0.1, -0.05) is 18.2 Å². The fourth-order valence-corrected chi connectivity index (χ4v) is 4.39. The van der Waals surface area contributed by atoms with Gasteiger partial charge >= 0.3 is 0 Å². The van der Waals surface area contributed by atoms with Gasteiger partial charge in [0.1, 0.15) is 0 Å². The van der Waals surface area contributed by atoms with E-state index in [0.29, 0.717) is 12.0 Å². The summed E-state index contributed by atoms with van der Waals surface area (Å²) in [6.45, 7) is 2.39. The Morgan fingerprint density at radius 1 is 1.33 bits per heavy atom. The Hall–Kier alpha value is -0.590. The molecular weight excluding hydrogens is 284 g/mol. The molecule has 2 fully saturated rings. The molecule has 5 heteroatoms. The van der Waals surface area contributed by atoms with Crippen LogP contribution < -0.4 is 11.3 Å². The van der Waals surface area contributed by atoms with Crippen LogP contribution in [0.5, 0.6) is 0 Å². The number of rotatable bonds is 5. The number of nitrogens with one attached hydrogen (secondary N) is 1. The van der Waals surface area contributed by atoms with Crippen LogP contribution in [0.3, 0.4) is 0 Å². The van der Waals surface area contributed by atoms with Crippen LogP contribution in [0.4, 0.5) is 0 Å². The zero-order valence-electron chi connectivity index (χ0n) is 12.3. The average Bonchev–Trinajstić information content (AvgIpc) is 2.97. The first-order valence-electron chi connectivity index (χ1n) is 7.67. The summed E-state index contributed by atoms with van der Waals surface area (Å²) in [7, 11) is 0. The second-order valence-electron chi connectivity index (χ2n) is 5.98. The summed E-state index contributed by atoms with van der Waals surface area (Å²) in [6, 6.07) is 10.8. The van der Waals surface area contributed by atoms with Crippen molar-refractivity contribution in [1.82, 2.24) is 5.43 Å². The molecule has 2 aliphatic heterocycles. The number of ether oxygens (including phenoxy) is 2. The molecule has 3 unspecified atom stereocenters.